The zero-order chi connectivity index (χ0) is 18.4. The van der Waals surface area contributed by atoms with Crippen molar-refractivity contribution in [2.24, 2.45) is 0 Å². The molecular formula is C20H24ClNO3. The molecule has 0 fully saturated rings. The van der Waals surface area contributed by atoms with Crippen molar-refractivity contribution in [3.8, 4) is 11.5 Å². The summed E-state index contributed by atoms with van der Waals surface area (Å²) in [5.74, 6) is 1.25. The van der Waals surface area contributed by atoms with E-state index in [0.29, 0.717) is 35.2 Å². The first-order valence-electron chi connectivity index (χ1n) is 8.40. The van der Waals surface area contributed by atoms with Gasteiger partial charge in [-0.25, -0.2) is 0 Å². The predicted octanol–water partition coefficient (Wildman–Crippen LogP) is 5.28. The molecule has 25 heavy (non-hydrogen) atoms. The van der Waals surface area contributed by atoms with Crippen molar-refractivity contribution >= 4 is 23.2 Å². The quantitative estimate of drug-likeness (QED) is 0.729. The highest BCUT2D eigenvalue weighted by Crippen LogP contribution is 2.32. The Morgan fingerprint density at radius 2 is 1.80 bits per heavy atom. The molecule has 0 saturated carbocycles. The van der Waals surface area contributed by atoms with Gasteiger partial charge < -0.3 is 14.8 Å². The third-order valence-electron chi connectivity index (χ3n) is 3.95. The van der Waals surface area contributed by atoms with Crippen molar-refractivity contribution in [3.05, 3.63) is 52.0 Å². The Balaban J connectivity index is 2.30. The SMILES string of the molecule is CCOc1cccc(NC(=O)CC)c1COc1cc(C)c(C)cc1Cl. The van der Waals surface area contributed by atoms with Crippen molar-refractivity contribution in [1.82, 2.24) is 0 Å². The molecule has 2 rings (SSSR count). The molecule has 0 spiro atoms. The number of benzene rings is 2. The highest BCUT2D eigenvalue weighted by Gasteiger charge is 2.14. The minimum Gasteiger partial charge on any atom is -0.493 e. The summed E-state index contributed by atoms with van der Waals surface area (Å²) in [6.07, 6.45) is 0.405. The van der Waals surface area contributed by atoms with Crippen LogP contribution < -0.4 is 14.8 Å². The lowest BCUT2D eigenvalue weighted by Crippen LogP contribution is -2.13. The fourth-order valence-corrected chi connectivity index (χ4v) is 2.65. The lowest BCUT2D eigenvalue weighted by molar-refractivity contribution is -0.115. The van der Waals surface area contributed by atoms with Crippen molar-refractivity contribution in [3.63, 3.8) is 0 Å². The van der Waals surface area contributed by atoms with Gasteiger partial charge in [-0.05, 0) is 56.2 Å². The number of ether oxygens (including phenoxy) is 2. The van der Waals surface area contributed by atoms with Crippen LogP contribution in [0.3, 0.4) is 0 Å². The van der Waals surface area contributed by atoms with Crippen LogP contribution in [-0.2, 0) is 11.4 Å². The van der Waals surface area contributed by atoms with E-state index in [2.05, 4.69) is 5.32 Å². The van der Waals surface area contributed by atoms with Crippen LogP contribution in [-0.4, -0.2) is 12.5 Å². The van der Waals surface area contributed by atoms with Gasteiger partial charge in [0.05, 0.1) is 22.9 Å². The van der Waals surface area contributed by atoms with Gasteiger partial charge in [0.2, 0.25) is 5.91 Å². The summed E-state index contributed by atoms with van der Waals surface area (Å²) >= 11 is 6.29. The second-order valence-corrected chi connectivity index (χ2v) is 6.18. The summed E-state index contributed by atoms with van der Waals surface area (Å²) in [7, 11) is 0. The van der Waals surface area contributed by atoms with Gasteiger partial charge >= 0.3 is 0 Å². The summed E-state index contributed by atoms with van der Waals surface area (Å²) in [5.41, 5.74) is 3.71. The normalized spacial score (nSPS) is 10.4. The Kier molecular flexibility index (Phi) is 6.71. The van der Waals surface area contributed by atoms with E-state index in [-0.39, 0.29) is 12.5 Å². The zero-order valence-electron chi connectivity index (χ0n) is 15.1. The second kappa shape index (κ2) is 8.77. The molecule has 4 nitrogen and oxygen atoms in total. The van der Waals surface area contributed by atoms with Crippen LogP contribution in [0.5, 0.6) is 11.5 Å². The maximum Gasteiger partial charge on any atom is 0.224 e. The Hall–Kier alpha value is -2.20. The van der Waals surface area contributed by atoms with E-state index in [0.717, 1.165) is 16.7 Å². The number of amides is 1. The molecule has 2 aromatic rings. The Bertz CT molecular complexity index is 759. The first-order chi connectivity index (χ1) is 12.0. The van der Waals surface area contributed by atoms with E-state index in [9.17, 15) is 4.79 Å². The molecular weight excluding hydrogens is 338 g/mol. The van der Waals surface area contributed by atoms with Crippen molar-refractivity contribution in [2.75, 3.05) is 11.9 Å². The van der Waals surface area contributed by atoms with Gasteiger partial charge in [-0.15, -0.1) is 0 Å². The van der Waals surface area contributed by atoms with E-state index in [1.807, 2.05) is 58.0 Å². The van der Waals surface area contributed by atoms with Crippen LogP contribution in [0, 0.1) is 13.8 Å². The lowest BCUT2D eigenvalue weighted by atomic mass is 10.1. The average molecular weight is 362 g/mol. The lowest BCUT2D eigenvalue weighted by Gasteiger charge is -2.17. The fraction of sp³-hybridized carbons (Fsp3) is 0.350. The van der Waals surface area contributed by atoms with Gasteiger partial charge in [0, 0.05) is 6.42 Å². The minimum absolute atomic E-state index is 0.0564. The molecule has 134 valence electrons. The number of carbonyl (C=O) groups is 1. The van der Waals surface area contributed by atoms with E-state index in [1.165, 1.54) is 0 Å². The second-order valence-electron chi connectivity index (χ2n) is 5.77. The van der Waals surface area contributed by atoms with Gasteiger partial charge in [0.15, 0.2) is 0 Å². The first-order valence-corrected chi connectivity index (χ1v) is 8.78. The summed E-state index contributed by atoms with van der Waals surface area (Å²) in [6, 6.07) is 9.37. The van der Waals surface area contributed by atoms with Crippen LogP contribution in [0.2, 0.25) is 5.02 Å². The highest BCUT2D eigenvalue weighted by atomic mass is 35.5. The number of carbonyl (C=O) groups excluding carboxylic acids is 1. The van der Waals surface area contributed by atoms with E-state index < -0.39 is 0 Å². The van der Waals surface area contributed by atoms with E-state index in [1.54, 1.807) is 0 Å². The predicted molar refractivity (Wildman–Crippen MR) is 102 cm³/mol. The minimum atomic E-state index is -0.0564. The summed E-state index contributed by atoms with van der Waals surface area (Å²) in [5, 5.41) is 3.46. The summed E-state index contributed by atoms with van der Waals surface area (Å²) in [6.45, 7) is 8.53. The largest absolute Gasteiger partial charge is 0.493 e. The Labute approximate surface area is 154 Å². The van der Waals surface area contributed by atoms with Crippen molar-refractivity contribution in [1.29, 1.82) is 0 Å². The molecule has 0 radical (unpaired) electrons. The monoisotopic (exact) mass is 361 g/mol. The summed E-state index contributed by atoms with van der Waals surface area (Å²) in [4.78, 5) is 11.8. The molecule has 1 N–H and O–H groups in total. The van der Waals surface area contributed by atoms with Gasteiger partial charge in [0.1, 0.15) is 18.1 Å². The van der Waals surface area contributed by atoms with E-state index >= 15 is 0 Å². The van der Waals surface area contributed by atoms with Gasteiger partial charge in [-0.3, -0.25) is 4.79 Å². The van der Waals surface area contributed by atoms with Crippen molar-refractivity contribution < 1.29 is 14.3 Å². The van der Waals surface area contributed by atoms with Crippen LogP contribution in [0.4, 0.5) is 5.69 Å². The molecule has 0 aliphatic heterocycles. The average Bonchev–Trinajstić information content (AvgIpc) is 2.58. The number of anilines is 1. The number of hydrogen-bond acceptors (Lipinski definition) is 3. The molecule has 0 atom stereocenters. The number of hydrogen-bond donors (Lipinski definition) is 1. The molecule has 0 aromatic heterocycles. The number of aryl methyl sites for hydroxylation is 2. The molecule has 0 aliphatic rings. The fourth-order valence-electron chi connectivity index (χ4n) is 2.38. The smallest absolute Gasteiger partial charge is 0.224 e. The Morgan fingerprint density at radius 3 is 2.48 bits per heavy atom. The van der Waals surface area contributed by atoms with Crippen LogP contribution >= 0.6 is 11.6 Å². The molecule has 5 heteroatoms. The molecule has 0 bridgehead atoms. The van der Waals surface area contributed by atoms with Crippen LogP contribution in [0.1, 0.15) is 37.0 Å². The third-order valence-corrected chi connectivity index (χ3v) is 4.24. The molecule has 1 amide bonds. The molecule has 2 aromatic carbocycles. The van der Waals surface area contributed by atoms with Gasteiger partial charge in [-0.1, -0.05) is 24.6 Å². The standard InChI is InChI=1S/C20H24ClNO3/c1-5-20(23)22-17-8-7-9-18(24-6-2)15(17)12-25-19-11-14(4)13(3)10-16(19)21/h7-11H,5-6,12H2,1-4H3,(H,22,23). The Morgan fingerprint density at radius 1 is 1.08 bits per heavy atom. The zero-order valence-corrected chi connectivity index (χ0v) is 15.9. The molecule has 0 saturated heterocycles. The van der Waals surface area contributed by atoms with Gasteiger partial charge in [-0.2, -0.15) is 0 Å². The van der Waals surface area contributed by atoms with Crippen molar-refractivity contribution in [2.45, 2.75) is 40.7 Å². The van der Waals surface area contributed by atoms with E-state index in [4.69, 9.17) is 21.1 Å². The van der Waals surface area contributed by atoms with Crippen LogP contribution in [0.15, 0.2) is 30.3 Å². The summed E-state index contributed by atoms with van der Waals surface area (Å²) < 4.78 is 11.6. The first kappa shape index (κ1) is 19.1. The molecule has 0 heterocycles. The number of nitrogens with one attached hydrogen (secondary N) is 1. The maximum atomic E-state index is 11.8. The van der Waals surface area contributed by atoms with Crippen LogP contribution in [0.25, 0.3) is 0 Å². The topological polar surface area (TPSA) is 47.6 Å². The molecule has 0 unspecified atom stereocenters. The highest BCUT2D eigenvalue weighted by molar-refractivity contribution is 6.32. The molecule has 0 aliphatic carbocycles. The number of rotatable bonds is 7. The number of halogens is 1. The third kappa shape index (κ3) is 4.89. The van der Waals surface area contributed by atoms with Gasteiger partial charge in [0.25, 0.3) is 0 Å². The maximum absolute atomic E-state index is 11.8.